The zero-order valence-electron chi connectivity index (χ0n) is 19.4. The Morgan fingerprint density at radius 2 is 1.08 bits per heavy atom. The molecule has 4 heteroatoms. The average molecular weight is 389 g/mol. The van der Waals surface area contributed by atoms with E-state index in [2.05, 4.69) is 62.3 Å². The van der Waals surface area contributed by atoms with E-state index in [1.54, 1.807) is 0 Å². The van der Waals surface area contributed by atoms with Crippen LogP contribution in [0.1, 0.15) is 107 Å². The fraction of sp³-hybridized carbons (Fsp3) is 1.00. The molecule has 1 atom stereocenters. The first-order chi connectivity index (χ1) is 12.4. The second-order valence-electron chi connectivity index (χ2n) is 7.50. The van der Waals surface area contributed by atoms with E-state index < -0.39 is 8.80 Å². The quantitative estimate of drug-likeness (QED) is 0.261. The molecule has 0 aliphatic heterocycles. The Kier molecular flexibility index (Phi) is 12.6. The summed E-state index contributed by atoms with van der Waals surface area (Å²) in [6, 6.07) is 0. The molecule has 0 aromatic heterocycles. The third-order valence-electron chi connectivity index (χ3n) is 6.85. The van der Waals surface area contributed by atoms with Crippen molar-refractivity contribution in [1.82, 2.24) is 0 Å². The minimum Gasteiger partial charge on any atom is -0.373 e. The first kappa shape index (κ1) is 26.1. The first-order valence-electron chi connectivity index (χ1n) is 11.3. The summed E-state index contributed by atoms with van der Waals surface area (Å²) in [5.74, 6) is 0.552. The van der Waals surface area contributed by atoms with Crippen molar-refractivity contribution in [2.45, 2.75) is 112 Å². The maximum absolute atomic E-state index is 6.50. The van der Waals surface area contributed by atoms with Gasteiger partial charge in [0.2, 0.25) is 0 Å². The van der Waals surface area contributed by atoms with Crippen molar-refractivity contribution in [3.8, 4) is 0 Å². The lowest BCUT2D eigenvalue weighted by Gasteiger charge is -2.55. The second kappa shape index (κ2) is 12.5. The Hall–Kier alpha value is 0.0969. The van der Waals surface area contributed by atoms with E-state index >= 15 is 0 Å². The fourth-order valence-corrected chi connectivity index (χ4v) is 9.75. The minimum atomic E-state index is -2.83. The molecule has 0 bridgehead atoms. The molecule has 0 amide bonds. The van der Waals surface area contributed by atoms with Crippen LogP contribution in [0.3, 0.4) is 0 Å². The molecule has 0 rings (SSSR count). The zero-order valence-corrected chi connectivity index (χ0v) is 20.4. The molecular formula is C22H48O3Si. The molecule has 158 valence electrons. The normalized spacial score (nSPS) is 14.7. The molecule has 0 aromatic carbocycles. The van der Waals surface area contributed by atoms with Crippen LogP contribution in [0.25, 0.3) is 0 Å². The van der Waals surface area contributed by atoms with Gasteiger partial charge in [0.25, 0.3) is 0 Å². The van der Waals surface area contributed by atoms with Crippen molar-refractivity contribution >= 4 is 8.80 Å². The van der Waals surface area contributed by atoms with E-state index in [0.29, 0.717) is 31.2 Å². The topological polar surface area (TPSA) is 27.7 Å². The highest BCUT2D eigenvalue weighted by Crippen LogP contribution is 2.62. The molecular weight excluding hydrogens is 340 g/mol. The summed E-state index contributed by atoms with van der Waals surface area (Å²) in [6.07, 6.45) is 8.20. The van der Waals surface area contributed by atoms with Crippen molar-refractivity contribution in [2.24, 2.45) is 11.3 Å². The molecule has 0 heterocycles. The van der Waals surface area contributed by atoms with Gasteiger partial charge in [-0.15, -0.1) is 0 Å². The summed E-state index contributed by atoms with van der Waals surface area (Å²) in [7, 11) is -2.83. The lowest BCUT2D eigenvalue weighted by atomic mass is 9.61. The summed E-state index contributed by atoms with van der Waals surface area (Å²) in [6.45, 7) is 22.3. The van der Waals surface area contributed by atoms with Crippen molar-refractivity contribution in [1.29, 1.82) is 0 Å². The molecule has 0 fully saturated rings. The van der Waals surface area contributed by atoms with Gasteiger partial charge < -0.3 is 13.3 Å². The molecule has 1 unspecified atom stereocenters. The Labute approximate surface area is 165 Å². The lowest BCUT2D eigenvalue weighted by molar-refractivity contribution is -0.0121. The van der Waals surface area contributed by atoms with Gasteiger partial charge in [0.15, 0.2) is 0 Å². The van der Waals surface area contributed by atoms with E-state index in [9.17, 15) is 0 Å². The maximum Gasteiger partial charge on any atom is 0.507 e. The third-order valence-corrected chi connectivity index (χ3v) is 11.1. The molecule has 0 saturated carbocycles. The summed E-state index contributed by atoms with van der Waals surface area (Å²) >= 11 is 0. The van der Waals surface area contributed by atoms with Crippen LogP contribution in [0.15, 0.2) is 0 Å². The van der Waals surface area contributed by atoms with E-state index in [4.69, 9.17) is 13.3 Å². The Morgan fingerprint density at radius 1 is 0.654 bits per heavy atom. The highest BCUT2D eigenvalue weighted by Gasteiger charge is 2.64. The number of hydrogen-bond acceptors (Lipinski definition) is 3. The van der Waals surface area contributed by atoms with Gasteiger partial charge in [-0.25, -0.2) is 0 Å². The van der Waals surface area contributed by atoms with Gasteiger partial charge >= 0.3 is 8.80 Å². The van der Waals surface area contributed by atoms with Crippen molar-refractivity contribution in [3.63, 3.8) is 0 Å². The van der Waals surface area contributed by atoms with Crippen LogP contribution < -0.4 is 0 Å². The SMILES string of the molecule is CCCC(CC)(CC)C(CC)C(CC)(CC)[Si](OCC)(OCC)OCC. The predicted molar refractivity (Wildman–Crippen MR) is 116 cm³/mol. The first-order valence-corrected chi connectivity index (χ1v) is 13.1. The zero-order chi connectivity index (χ0) is 20.3. The summed E-state index contributed by atoms with van der Waals surface area (Å²) in [5, 5.41) is -0.0228. The van der Waals surface area contributed by atoms with Gasteiger partial charge in [0.1, 0.15) is 0 Å². The van der Waals surface area contributed by atoms with Crippen LogP contribution in [0.2, 0.25) is 5.04 Å². The maximum atomic E-state index is 6.50. The highest BCUT2D eigenvalue weighted by atomic mass is 28.4. The highest BCUT2D eigenvalue weighted by molar-refractivity contribution is 6.64. The Bertz CT molecular complexity index is 334. The number of hydrogen-bond donors (Lipinski definition) is 0. The predicted octanol–water partition coefficient (Wildman–Crippen LogP) is 7.23. The smallest absolute Gasteiger partial charge is 0.373 e. The van der Waals surface area contributed by atoms with Crippen LogP contribution in [-0.4, -0.2) is 28.6 Å². The standard InChI is InChI=1S/C22H48O3Si/c1-10-19-21(12-3,13-4)20(11-2)22(14-5,15-6)26(23-16-7,24-17-8)25-18-9/h20H,10-19H2,1-9H3. The second-order valence-corrected chi connectivity index (χ2v) is 10.5. The lowest BCUT2D eigenvalue weighted by Crippen LogP contribution is -2.61. The van der Waals surface area contributed by atoms with Gasteiger partial charge in [0.05, 0.1) is 0 Å². The molecule has 0 spiro atoms. The van der Waals surface area contributed by atoms with Crippen LogP contribution in [0.4, 0.5) is 0 Å². The molecule has 0 radical (unpaired) electrons. The summed E-state index contributed by atoms with van der Waals surface area (Å²) < 4.78 is 19.5. The Balaban J connectivity index is 6.57. The van der Waals surface area contributed by atoms with E-state index in [1.807, 2.05) is 0 Å². The van der Waals surface area contributed by atoms with Crippen LogP contribution >= 0.6 is 0 Å². The molecule has 0 saturated heterocycles. The average Bonchev–Trinajstić information content (AvgIpc) is 2.65. The summed E-state index contributed by atoms with van der Waals surface area (Å²) in [5.41, 5.74) is 0.332. The van der Waals surface area contributed by atoms with Gasteiger partial charge in [-0.3, -0.25) is 0 Å². The van der Waals surface area contributed by atoms with Crippen LogP contribution in [0, 0.1) is 11.3 Å². The largest absolute Gasteiger partial charge is 0.507 e. The molecule has 0 aliphatic carbocycles. The fourth-order valence-electron chi connectivity index (χ4n) is 5.69. The van der Waals surface area contributed by atoms with E-state index in [-0.39, 0.29) is 5.04 Å². The van der Waals surface area contributed by atoms with E-state index in [0.717, 1.165) is 19.3 Å². The Morgan fingerprint density at radius 3 is 1.31 bits per heavy atom. The van der Waals surface area contributed by atoms with Gasteiger partial charge in [0, 0.05) is 24.9 Å². The summed E-state index contributed by atoms with van der Waals surface area (Å²) in [4.78, 5) is 0. The van der Waals surface area contributed by atoms with Crippen LogP contribution in [0.5, 0.6) is 0 Å². The van der Waals surface area contributed by atoms with Crippen molar-refractivity contribution in [2.75, 3.05) is 19.8 Å². The van der Waals surface area contributed by atoms with Crippen molar-refractivity contribution < 1.29 is 13.3 Å². The van der Waals surface area contributed by atoms with Crippen molar-refractivity contribution in [3.05, 3.63) is 0 Å². The minimum absolute atomic E-state index is 0.0228. The molecule has 26 heavy (non-hydrogen) atoms. The molecule has 0 aliphatic rings. The monoisotopic (exact) mass is 388 g/mol. The van der Waals surface area contributed by atoms with Gasteiger partial charge in [-0.2, -0.15) is 0 Å². The number of rotatable bonds is 16. The van der Waals surface area contributed by atoms with E-state index in [1.165, 1.54) is 25.7 Å². The molecule has 0 N–H and O–H groups in total. The van der Waals surface area contributed by atoms with Crippen LogP contribution in [-0.2, 0) is 13.3 Å². The third kappa shape index (κ3) is 4.92. The van der Waals surface area contributed by atoms with Gasteiger partial charge in [-0.05, 0) is 51.4 Å². The molecule has 0 aromatic rings. The van der Waals surface area contributed by atoms with Gasteiger partial charge in [-0.1, -0.05) is 67.2 Å². The molecule has 3 nitrogen and oxygen atoms in total.